The van der Waals surface area contributed by atoms with E-state index in [1.54, 1.807) is 24.3 Å². The third kappa shape index (κ3) is 5.25. The highest BCUT2D eigenvalue weighted by atomic mass is 19.4. The monoisotopic (exact) mass is 342 g/mol. The molecule has 0 bridgehead atoms. The number of nitrogens with one attached hydrogen (secondary N) is 2. The van der Waals surface area contributed by atoms with Crippen LogP contribution in [-0.4, -0.2) is 30.6 Å². The molecule has 0 radical (unpaired) electrons. The van der Waals surface area contributed by atoms with E-state index in [-0.39, 0.29) is 25.3 Å². The van der Waals surface area contributed by atoms with Gasteiger partial charge in [-0.2, -0.15) is 13.2 Å². The zero-order chi connectivity index (χ0) is 17.7. The normalized spacial score (nSPS) is 21.2. The number of carbonyl (C=O) groups excluding carboxylic acids is 2. The average Bonchev–Trinajstić information content (AvgIpc) is 2.53. The van der Waals surface area contributed by atoms with E-state index in [4.69, 9.17) is 0 Å². The predicted octanol–water partition coefficient (Wildman–Crippen LogP) is 2.96. The highest BCUT2D eigenvalue weighted by molar-refractivity contribution is 5.96. The van der Waals surface area contributed by atoms with Gasteiger partial charge in [0, 0.05) is 11.6 Å². The summed E-state index contributed by atoms with van der Waals surface area (Å²) in [6, 6.07) is 6.38. The molecule has 1 aliphatic rings. The van der Waals surface area contributed by atoms with Crippen molar-refractivity contribution in [2.75, 3.05) is 6.54 Å². The number of halogens is 3. The van der Waals surface area contributed by atoms with E-state index in [1.165, 1.54) is 0 Å². The van der Waals surface area contributed by atoms with Crippen molar-refractivity contribution in [3.8, 4) is 0 Å². The summed E-state index contributed by atoms with van der Waals surface area (Å²) in [5.41, 5.74) is 1.45. The van der Waals surface area contributed by atoms with Crippen LogP contribution < -0.4 is 10.6 Å². The van der Waals surface area contributed by atoms with E-state index >= 15 is 0 Å². The molecule has 7 heteroatoms. The van der Waals surface area contributed by atoms with Crippen molar-refractivity contribution in [3.63, 3.8) is 0 Å². The van der Waals surface area contributed by atoms with Gasteiger partial charge in [0.25, 0.3) is 5.91 Å². The lowest BCUT2D eigenvalue weighted by Crippen LogP contribution is -2.45. The maximum atomic E-state index is 12.8. The van der Waals surface area contributed by atoms with Gasteiger partial charge in [-0.05, 0) is 38.3 Å². The van der Waals surface area contributed by atoms with Gasteiger partial charge in [-0.15, -0.1) is 0 Å². The van der Waals surface area contributed by atoms with Gasteiger partial charge in [0.15, 0.2) is 0 Å². The standard InChI is InChI=1S/C17H21F3N2O2/c1-11-5-7-12(8-6-11)16(24)21-10-15(23)22-14-4-2-3-13(9-14)17(18,19)20/h5-8,13-14H,2-4,9-10H2,1H3,(H,21,24)(H,22,23)/t13-,14+/m1/s1. The Balaban J connectivity index is 1.78. The third-order valence-corrected chi connectivity index (χ3v) is 4.23. The van der Waals surface area contributed by atoms with Crippen LogP contribution in [-0.2, 0) is 4.79 Å². The summed E-state index contributed by atoms with van der Waals surface area (Å²) < 4.78 is 38.3. The highest BCUT2D eigenvalue weighted by Gasteiger charge is 2.42. The zero-order valence-electron chi connectivity index (χ0n) is 13.5. The van der Waals surface area contributed by atoms with Gasteiger partial charge < -0.3 is 10.6 Å². The number of hydrogen-bond acceptors (Lipinski definition) is 2. The van der Waals surface area contributed by atoms with Crippen LogP contribution in [0.3, 0.4) is 0 Å². The van der Waals surface area contributed by atoms with Crippen molar-refractivity contribution in [1.82, 2.24) is 10.6 Å². The quantitative estimate of drug-likeness (QED) is 0.884. The molecule has 2 rings (SSSR count). The van der Waals surface area contributed by atoms with Crippen molar-refractivity contribution in [2.45, 2.75) is 44.8 Å². The summed E-state index contributed by atoms with van der Waals surface area (Å²) in [6.07, 6.45) is -3.24. The van der Waals surface area contributed by atoms with Crippen LogP contribution in [0.1, 0.15) is 41.6 Å². The molecule has 0 heterocycles. The number of hydrogen-bond donors (Lipinski definition) is 2. The molecule has 1 fully saturated rings. The fourth-order valence-corrected chi connectivity index (χ4v) is 2.86. The highest BCUT2D eigenvalue weighted by Crippen LogP contribution is 2.37. The minimum atomic E-state index is -4.22. The van der Waals surface area contributed by atoms with Crippen LogP contribution in [0.5, 0.6) is 0 Å². The Bertz CT molecular complexity index is 584. The molecule has 0 unspecified atom stereocenters. The largest absolute Gasteiger partial charge is 0.391 e. The third-order valence-electron chi connectivity index (χ3n) is 4.23. The molecule has 132 valence electrons. The summed E-state index contributed by atoms with van der Waals surface area (Å²) in [5, 5.41) is 5.06. The molecule has 24 heavy (non-hydrogen) atoms. The average molecular weight is 342 g/mol. The van der Waals surface area contributed by atoms with Crippen LogP contribution in [0.2, 0.25) is 0 Å². The fraction of sp³-hybridized carbons (Fsp3) is 0.529. The molecule has 0 aromatic heterocycles. The van der Waals surface area contributed by atoms with Gasteiger partial charge in [0.1, 0.15) is 0 Å². The minimum Gasteiger partial charge on any atom is -0.352 e. The molecule has 1 aromatic carbocycles. The zero-order valence-corrected chi connectivity index (χ0v) is 13.5. The summed E-state index contributed by atoms with van der Waals surface area (Å²) in [6.45, 7) is 1.65. The Kier molecular flexibility index (Phi) is 5.85. The van der Waals surface area contributed by atoms with Gasteiger partial charge in [-0.3, -0.25) is 9.59 Å². The molecular formula is C17H21F3N2O2. The maximum absolute atomic E-state index is 12.8. The lowest BCUT2D eigenvalue weighted by Gasteiger charge is -2.31. The van der Waals surface area contributed by atoms with E-state index in [1.807, 2.05) is 6.92 Å². The Morgan fingerprint density at radius 3 is 2.46 bits per heavy atom. The minimum absolute atomic E-state index is 0.0961. The van der Waals surface area contributed by atoms with Crippen molar-refractivity contribution < 1.29 is 22.8 Å². The van der Waals surface area contributed by atoms with Crippen LogP contribution >= 0.6 is 0 Å². The first-order valence-corrected chi connectivity index (χ1v) is 7.96. The summed E-state index contributed by atoms with van der Waals surface area (Å²) in [5.74, 6) is -2.22. The first-order valence-electron chi connectivity index (χ1n) is 7.96. The van der Waals surface area contributed by atoms with E-state index in [2.05, 4.69) is 10.6 Å². The lowest BCUT2D eigenvalue weighted by atomic mass is 9.85. The van der Waals surface area contributed by atoms with Gasteiger partial charge in [0.05, 0.1) is 12.5 Å². The van der Waals surface area contributed by atoms with Crippen molar-refractivity contribution in [1.29, 1.82) is 0 Å². The first-order chi connectivity index (χ1) is 11.3. The molecule has 0 spiro atoms. The molecule has 1 aliphatic carbocycles. The van der Waals surface area contributed by atoms with Gasteiger partial charge in [0.2, 0.25) is 5.91 Å². The second-order valence-corrected chi connectivity index (χ2v) is 6.22. The second-order valence-electron chi connectivity index (χ2n) is 6.22. The van der Waals surface area contributed by atoms with E-state index in [9.17, 15) is 22.8 Å². The predicted molar refractivity (Wildman–Crippen MR) is 83.5 cm³/mol. The topological polar surface area (TPSA) is 58.2 Å². The van der Waals surface area contributed by atoms with Crippen molar-refractivity contribution in [3.05, 3.63) is 35.4 Å². The summed E-state index contributed by atoms with van der Waals surface area (Å²) in [4.78, 5) is 23.7. The van der Waals surface area contributed by atoms with Crippen molar-refractivity contribution >= 4 is 11.8 Å². The lowest BCUT2D eigenvalue weighted by molar-refractivity contribution is -0.184. The molecule has 2 amide bonds. The number of amides is 2. The molecule has 2 atom stereocenters. The number of rotatable bonds is 4. The smallest absolute Gasteiger partial charge is 0.352 e. The van der Waals surface area contributed by atoms with Crippen LogP contribution in [0.4, 0.5) is 13.2 Å². The van der Waals surface area contributed by atoms with Crippen LogP contribution in [0, 0.1) is 12.8 Å². The van der Waals surface area contributed by atoms with Gasteiger partial charge in [-0.25, -0.2) is 0 Å². The molecule has 1 aromatic rings. The van der Waals surface area contributed by atoms with E-state index in [0.29, 0.717) is 18.4 Å². The molecular weight excluding hydrogens is 321 g/mol. The second kappa shape index (κ2) is 7.68. The molecule has 4 nitrogen and oxygen atoms in total. The molecule has 0 saturated heterocycles. The van der Waals surface area contributed by atoms with Gasteiger partial charge in [-0.1, -0.05) is 24.1 Å². The first kappa shape index (κ1) is 18.3. The summed E-state index contributed by atoms with van der Waals surface area (Å²) >= 11 is 0. The Labute approximate surface area is 138 Å². The van der Waals surface area contributed by atoms with E-state index < -0.39 is 24.0 Å². The number of carbonyl (C=O) groups is 2. The number of aryl methyl sites for hydroxylation is 1. The van der Waals surface area contributed by atoms with Crippen LogP contribution in [0.25, 0.3) is 0 Å². The number of benzene rings is 1. The Morgan fingerprint density at radius 2 is 1.83 bits per heavy atom. The van der Waals surface area contributed by atoms with Crippen LogP contribution in [0.15, 0.2) is 24.3 Å². The maximum Gasteiger partial charge on any atom is 0.391 e. The molecule has 0 aliphatic heterocycles. The summed E-state index contributed by atoms with van der Waals surface area (Å²) in [7, 11) is 0. The number of alkyl halides is 3. The fourth-order valence-electron chi connectivity index (χ4n) is 2.86. The molecule has 2 N–H and O–H groups in total. The van der Waals surface area contributed by atoms with Gasteiger partial charge >= 0.3 is 6.18 Å². The van der Waals surface area contributed by atoms with Crippen molar-refractivity contribution in [2.24, 2.45) is 5.92 Å². The molecule has 1 saturated carbocycles. The van der Waals surface area contributed by atoms with E-state index in [0.717, 1.165) is 5.56 Å². The Morgan fingerprint density at radius 1 is 1.17 bits per heavy atom. The SMILES string of the molecule is Cc1ccc(C(=O)NCC(=O)N[C@H]2CCC[C@@H](C(F)(F)F)C2)cc1. The Hall–Kier alpha value is -2.05.